The fourth-order valence-corrected chi connectivity index (χ4v) is 7.07. The van der Waals surface area contributed by atoms with Gasteiger partial charge in [-0.3, -0.25) is 4.57 Å². The number of para-hydroxylation sites is 3. The van der Waals surface area contributed by atoms with E-state index in [-0.39, 0.29) is 34.1 Å². The van der Waals surface area contributed by atoms with Crippen LogP contribution in [0.3, 0.4) is 0 Å². The van der Waals surface area contributed by atoms with Crippen LogP contribution in [0.2, 0.25) is 0 Å². The number of rotatable bonds is 5. The lowest BCUT2D eigenvalue weighted by Gasteiger charge is -2.24. The molecule has 0 fully saturated rings. The second kappa shape index (κ2) is 11.5. The second-order valence-electron chi connectivity index (χ2n) is 14.7. The molecule has 0 aliphatic heterocycles. The zero-order valence-corrected chi connectivity index (χ0v) is 29.3. The van der Waals surface area contributed by atoms with E-state index in [1.165, 1.54) is 11.1 Å². The number of benzene rings is 5. The first kappa shape index (κ1) is 28.2. The number of hydrogen-bond donors (Lipinski definition) is 0. The topological polar surface area (TPSA) is 80.8 Å². The highest BCUT2D eigenvalue weighted by Gasteiger charge is 2.29. The minimum Gasteiger partial charge on any atom is -0.455 e. The maximum atomic E-state index is 10.4. The first-order valence-electron chi connectivity index (χ1n) is 18.6. The Morgan fingerprint density at radius 1 is 0.780 bits per heavy atom. The number of aryl methyl sites for hydroxylation is 1. The van der Waals surface area contributed by atoms with Crippen molar-refractivity contribution in [1.29, 1.82) is 5.26 Å². The minimum absolute atomic E-state index is 0.0926. The molecule has 0 unspecified atom stereocenters. The number of imidazole rings is 1. The summed E-state index contributed by atoms with van der Waals surface area (Å²) < 4.78 is 40.9. The molecule has 0 radical (unpaired) electrons. The van der Waals surface area contributed by atoms with Crippen LogP contribution in [0.5, 0.6) is 0 Å². The highest BCUT2D eigenvalue weighted by Crippen LogP contribution is 2.45. The van der Waals surface area contributed by atoms with E-state index in [0.717, 1.165) is 27.8 Å². The molecule has 0 N–H and O–H groups in total. The largest absolute Gasteiger partial charge is 0.455 e. The van der Waals surface area contributed by atoms with Crippen molar-refractivity contribution in [2.45, 2.75) is 72.6 Å². The average molecular weight is 660 g/mol. The van der Waals surface area contributed by atoms with Crippen molar-refractivity contribution in [2.75, 3.05) is 0 Å². The molecule has 0 aliphatic rings. The SMILES string of the molecule is [2H]C([2H])([2H])c1c(C#N)c2oc(C(C)(C)C)nc2c2c1oc1c(-c3nc4ccccc4n3-c3c(C(C)C)cc(-c4ccccc4)cc3C(C)C)cccc12. The molecule has 6 nitrogen and oxygen atoms in total. The zero-order chi connectivity index (χ0) is 37.6. The molecule has 0 saturated carbocycles. The Hall–Kier alpha value is -5.67. The van der Waals surface area contributed by atoms with E-state index in [2.05, 4.69) is 80.8 Å². The molecule has 3 heterocycles. The van der Waals surface area contributed by atoms with E-state index in [1.807, 2.05) is 63.2 Å². The number of hydrogen-bond acceptors (Lipinski definition) is 5. The predicted molar refractivity (Wildman–Crippen MR) is 203 cm³/mol. The van der Waals surface area contributed by atoms with E-state index in [9.17, 15) is 5.26 Å². The summed E-state index contributed by atoms with van der Waals surface area (Å²) in [7, 11) is 0. The van der Waals surface area contributed by atoms with Crippen molar-refractivity contribution in [3.63, 3.8) is 0 Å². The molecule has 0 aliphatic carbocycles. The van der Waals surface area contributed by atoms with Crippen LogP contribution in [0.1, 0.15) is 92.6 Å². The van der Waals surface area contributed by atoms with Gasteiger partial charge in [0.15, 0.2) is 5.58 Å². The van der Waals surface area contributed by atoms with Crippen LogP contribution in [0, 0.1) is 18.2 Å². The van der Waals surface area contributed by atoms with Crippen LogP contribution in [0.25, 0.3) is 72.3 Å². The molecule has 6 heteroatoms. The molecule has 0 bridgehead atoms. The van der Waals surface area contributed by atoms with Crippen LogP contribution < -0.4 is 0 Å². The Morgan fingerprint density at radius 2 is 1.48 bits per heavy atom. The lowest BCUT2D eigenvalue weighted by molar-refractivity contribution is 0.410. The summed E-state index contributed by atoms with van der Waals surface area (Å²) >= 11 is 0. The number of nitrogens with zero attached hydrogens (tertiary/aromatic N) is 4. The van der Waals surface area contributed by atoms with E-state index >= 15 is 0 Å². The smallest absolute Gasteiger partial charge is 0.200 e. The fraction of sp³-hybridized carbons (Fsp3) is 0.250. The first-order valence-corrected chi connectivity index (χ1v) is 17.1. The summed E-state index contributed by atoms with van der Waals surface area (Å²) in [4.78, 5) is 10.2. The molecular formula is C44H40N4O2. The number of aromatic nitrogens is 3. The Labute approximate surface area is 296 Å². The van der Waals surface area contributed by atoms with Crippen LogP contribution >= 0.6 is 0 Å². The van der Waals surface area contributed by atoms with Crippen LogP contribution in [0.15, 0.2) is 93.8 Å². The third kappa shape index (κ3) is 4.75. The highest BCUT2D eigenvalue weighted by molar-refractivity contribution is 6.20. The molecule has 50 heavy (non-hydrogen) atoms. The summed E-state index contributed by atoms with van der Waals surface area (Å²) in [5.74, 6) is 1.41. The van der Waals surface area contributed by atoms with Gasteiger partial charge < -0.3 is 8.83 Å². The Bertz CT molecular complexity index is 2740. The Morgan fingerprint density at radius 3 is 2.14 bits per heavy atom. The molecule has 0 spiro atoms. The summed E-state index contributed by atoms with van der Waals surface area (Å²) in [6.45, 7) is 12.1. The number of nitriles is 1. The Kier molecular flexibility index (Phi) is 6.46. The van der Waals surface area contributed by atoms with Crippen molar-refractivity contribution >= 4 is 44.1 Å². The third-order valence-corrected chi connectivity index (χ3v) is 9.58. The van der Waals surface area contributed by atoms with E-state index in [0.29, 0.717) is 39.2 Å². The van der Waals surface area contributed by atoms with Gasteiger partial charge in [-0.2, -0.15) is 5.26 Å². The highest BCUT2D eigenvalue weighted by atomic mass is 16.4. The van der Waals surface area contributed by atoms with Gasteiger partial charge in [0.25, 0.3) is 0 Å². The van der Waals surface area contributed by atoms with E-state index in [1.54, 1.807) is 0 Å². The van der Waals surface area contributed by atoms with Gasteiger partial charge in [-0.05, 0) is 71.3 Å². The van der Waals surface area contributed by atoms with Crippen molar-refractivity contribution in [3.05, 3.63) is 113 Å². The second-order valence-corrected chi connectivity index (χ2v) is 14.7. The van der Waals surface area contributed by atoms with Crippen molar-refractivity contribution in [2.24, 2.45) is 0 Å². The minimum atomic E-state index is -2.67. The molecule has 3 aromatic heterocycles. The summed E-state index contributed by atoms with van der Waals surface area (Å²) in [5, 5.41) is 11.6. The lowest BCUT2D eigenvalue weighted by Crippen LogP contribution is -2.10. The average Bonchev–Trinajstić information content (AvgIpc) is 3.83. The van der Waals surface area contributed by atoms with Crippen molar-refractivity contribution in [3.8, 4) is 34.3 Å². The summed E-state index contributed by atoms with van der Waals surface area (Å²) in [6.07, 6.45) is 0. The zero-order valence-electron chi connectivity index (χ0n) is 32.3. The van der Waals surface area contributed by atoms with Gasteiger partial charge in [0.05, 0.1) is 27.7 Å². The molecule has 0 amide bonds. The van der Waals surface area contributed by atoms with E-state index < -0.39 is 12.3 Å². The van der Waals surface area contributed by atoms with Crippen molar-refractivity contribution < 1.29 is 12.9 Å². The molecule has 8 rings (SSSR count). The predicted octanol–water partition coefficient (Wildman–Crippen LogP) is 12.1. The molecule has 0 atom stereocenters. The molecule has 0 saturated heterocycles. The van der Waals surface area contributed by atoms with Gasteiger partial charge in [-0.15, -0.1) is 0 Å². The van der Waals surface area contributed by atoms with Crippen LogP contribution in [-0.4, -0.2) is 14.5 Å². The van der Waals surface area contributed by atoms with Gasteiger partial charge in [0.2, 0.25) is 5.89 Å². The third-order valence-electron chi connectivity index (χ3n) is 9.58. The Balaban J connectivity index is 1.51. The van der Waals surface area contributed by atoms with Gasteiger partial charge >= 0.3 is 0 Å². The number of fused-ring (bicyclic) bond motifs is 6. The lowest BCUT2D eigenvalue weighted by atomic mass is 9.88. The maximum absolute atomic E-state index is 10.4. The van der Waals surface area contributed by atoms with Gasteiger partial charge in [0, 0.05) is 20.5 Å². The molecular weight excluding hydrogens is 617 g/mol. The van der Waals surface area contributed by atoms with Gasteiger partial charge in [-0.1, -0.05) is 103 Å². The fourth-order valence-electron chi connectivity index (χ4n) is 7.07. The normalized spacial score (nSPS) is 13.5. The van der Waals surface area contributed by atoms with Gasteiger partial charge in [-0.25, -0.2) is 9.97 Å². The molecule has 248 valence electrons. The standard InChI is InChI=1S/C44H40N4O2/c1-24(2)31-21-28(27-15-10-9-11-16-27)22-32(25(3)4)38(31)48-35-20-13-12-19-34(35)46-42(48)30-18-14-17-29-36-37-41(50-43(47-37)44(6,7)8)33(23-45)26(5)39(36)49-40(29)30/h9-22,24-25H,1-8H3/i5D3. The maximum Gasteiger partial charge on any atom is 0.200 e. The molecule has 8 aromatic rings. The first-order chi connectivity index (χ1) is 25.2. The molecule has 5 aromatic carbocycles. The summed E-state index contributed by atoms with van der Waals surface area (Å²) in [5.41, 5.74) is 8.52. The number of furan rings is 1. The number of oxazole rings is 1. The van der Waals surface area contributed by atoms with Crippen LogP contribution in [0.4, 0.5) is 0 Å². The van der Waals surface area contributed by atoms with Crippen LogP contribution in [-0.2, 0) is 5.41 Å². The monoisotopic (exact) mass is 659 g/mol. The van der Waals surface area contributed by atoms with E-state index in [4.69, 9.17) is 22.9 Å². The summed E-state index contributed by atoms with van der Waals surface area (Å²) in [6, 6.07) is 31.1. The van der Waals surface area contributed by atoms with Gasteiger partial charge in [0.1, 0.15) is 34.1 Å². The quantitative estimate of drug-likeness (QED) is 0.184. The van der Waals surface area contributed by atoms with Crippen molar-refractivity contribution in [1.82, 2.24) is 14.5 Å².